The molecule has 3 rings (SSSR count). The second-order valence-corrected chi connectivity index (χ2v) is 7.36. The van der Waals surface area contributed by atoms with Gasteiger partial charge in [0.15, 0.2) is 0 Å². The van der Waals surface area contributed by atoms with Crippen molar-refractivity contribution in [3.63, 3.8) is 0 Å². The van der Waals surface area contributed by atoms with E-state index < -0.39 is 5.97 Å². The van der Waals surface area contributed by atoms with Gasteiger partial charge in [0.05, 0.1) is 32.9 Å². The number of carboxylic acid groups (broad SMARTS) is 1. The Balaban J connectivity index is 1.88. The Bertz CT molecular complexity index is 1110. The Morgan fingerprint density at radius 1 is 1.21 bits per heavy atom. The van der Waals surface area contributed by atoms with Crippen LogP contribution in [0.2, 0.25) is 0 Å². The number of aliphatic carboxylic acids is 1. The number of nitrogens with zero attached hydrogens (tertiary/aromatic N) is 2. The highest BCUT2D eigenvalue weighted by Crippen LogP contribution is 2.28. The van der Waals surface area contributed by atoms with E-state index in [1.54, 1.807) is 12.3 Å². The van der Waals surface area contributed by atoms with Crippen molar-refractivity contribution in [1.29, 1.82) is 0 Å². The first kappa shape index (κ1) is 24.4. The molecule has 3 aromatic rings. The van der Waals surface area contributed by atoms with Crippen LogP contribution in [-0.2, 0) is 30.8 Å². The van der Waals surface area contributed by atoms with E-state index in [1.807, 2.05) is 42.0 Å². The number of pyridine rings is 1. The van der Waals surface area contributed by atoms with Crippen molar-refractivity contribution in [2.45, 2.75) is 19.8 Å². The van der Waals surface area contributed by atoms with Gasteiger partial charge in [0.1, 0.15) is 12.3 Å². The summed E-state index contributed by atoms with van der Waals surface area (Å²) in [4.78, 5) is 35.0. The Morgan fingerprint density at radius 3 is 2.76 bits per heavy atom. The highest BCUT2D eigenvalue weighted by atomic mass is 17.2. The molecule has 0 saturated heterocycles. The fourth-order valence-electron chi connectivity index (χ4n) is 3.54. The number of aryl methyl sites for hydroxylation is 1. The molecule has 9 nitrogen and oxygen atoms in total. The van der Waals surface area contributed by atoms with Gasteiger partial charge in [0.2, 0.25) is 0 Å². The quantitative estimate of drug-likeness (QED) is 0.227. The molecule has 2 aromatic heterocycles. The number of carbonyl (C=O) groups is 1. The lowest BCUT2D eigenvalue weighted by Gasteiger charge is -2.12. The summed E-state index contributed by atoms with van der Waals surface area (Å²) in [6.07, 6.45) is 7.99. The highest BCUT2D eigenvalue weighted by Gasteiger charge is 2.15. The van der Waals surface area contributed by atoms with E-state index in [-0.39, 0.29) is 6.42 Å². The summed E-state index contributed by atoms with van der Waals surface area (Å²) >= 11 is 0. The summed E-state index contributed by atoms with van der Waals surface area (Å²) in [6.45, 7) is 3.59. The van der Waals surface area contributed by atoms with Crippen molar-refractivity contribution >= 4 is 28.8 Å². The van der Waals surface area contributed by atoms with Gasteiger partial charge in [-0.3, -0.25) is 4.79 Å². The lowest BCUT2D eigenvalue weighted by molar-refractivity contribution is -0.272. The van der Waals surface area contributed by atoms with Gasteiger partial charge < -0.3 is 15.0 Å². The van der Waals surface area contributed by atoms with Gasteiger partial charge in [-0.1, -0.05) is 12.2 Å². The standard InChI is InChI=1S/C24H29N3O6/c1-17-12-20(25-9-5-11-33-31-3)7-8-22(17)27-16-19(14-23(28)29)21-13-18(15-26-24(21)27)6-4-10-32-30-2/h4,6-8,12-13,15-16,25H,5,9-11,14H2,1-3H3,(H,28,29)/b6-4+. The summed E-state index contributed by atoms with van der Waals surface area (Å²) in [7, 11) is 2.94. The molecule has 2 N–H and O–H groups in total. The first-order chi connectivity index (χ1) is 16.0. The van der Waals surface area contributed by atoms with Crippen LogP contribution in [0.1, 0.15) is 23.1 Å². The van der Waals surface area contributed by atoms with Crippen molar-refractivity contribution in [3.8, 4) is 5.69 Å². The fraction of sp³-hybridized carbons (Fsp3) is 0.333. The summed E-state index contributed by atoms with van der Waals surface area (Å²) in [6, 6.07) is 8.00. The van der Waals surface area contributed by atoms with Crippen LogP contribution in [0.15, 0.2) is 42.7 Å². The summed E-state index contributed by atoms with van der Waals surface area (Å²) in [5.41, 5.74) is 5.23. The average Bonchev–Trinajstić information content (AvgIpc) is 3.13. The molecule has 0 saturated carbocycles. The first-order valence-electron chi connectivity index (χ1n) is 10.6. The van der Waals surface area contributed by atoms with Crippen LogP contribution >= 0.6 is 0 Å². The number of benzene rings is 1. The van der Waals surface area contributed by atoms with Crippen molar-refractivity contribution < 1.29 is 29.5 Å². The highest BCUT2D eigenvalue weighted by molar-refractivity contribution is 5.88. The molecular weight excluding hydrogens is 426 g/mol. The van der Waals surface area contributed by atoms with Crippen LogP contribution < -0.4 is 5.32 Å². The van der Waals surface area contributed by atoms with Gasteiger partial charge in [0, 0.05) is 30.0 Å². The van der Waals surface area contributed by atoms with E-state index in [9.17, 15) is 9.90 Å². The third-order valence-corrected chi connectivity index (χ3v) is 4.99. The molecule has 2 heterocycles. The van der Waals surface area contributed by atoms with Crippen molar-refractivity contribution in [1.82, 2.24) is 9.55 Å². The number of carboxylic acids is 1. The lowest BCUT2D eigenvalue weighted by Crippen LogP contribution is -2.06. The molecule has 0 aliphatic heterocycles. The number of fused-ring (bicyclic) bond motifs is 1. The summed E-state index contributed by atoms with van der Waals surface area (Å²) < 4.78 is 1.95. The van der Waals surface area contributed by atoms with Crippen LogP contribution in [0.5, 0.6) is 0 Å². The fourth-order valence-corrected chi connectivity index (χ4v) is 3.54. The van der Waals surface area contributed by atoms with Crippen molar-refractivity contribution in [2.24, 2.45) is 0 Å². The lowest BCUT2D eigenvalue weighted by atomic mass is 10.1. The van der Waals surface area contributed by atoms with Crippen LogP contribution in [-0.4, -0.2) is 54.6 Å². The minimum Gasteiger partial charge on any atom is -0.481 e. The monoisotopic (exact) mass is 455 g/mol. The molecule has 0 aliphatic rings. The van der Waals surface area contributed by atoms with Crippen LogP contribution in [0.3, 0.4) is 0 Å². The third-order valence-electron chi connectivity index (χ3n) is 4.99. The SMILES string of the molecule is COOC/C=C/c1cnc2c(c1)c(CC(=O)O)cn2-c1ccc(NCCCOOC)cc1C. The molecule has 0 spiro atoms. The number of rotatable bonds is 13. The van der Waals surface area contributed by atoms with Crippen LogP contribution in [0.4, 0.5) is 5.69 Å². The molecular formula is C24H29N3O6. The number of hydrogen-bond donors (Lipinski definition) is 2. The molecule has 0 radical (unpaired) electrons. The average molecular weight is 456 g/mol. The maximum absolute atomic E-state index is 11.5. The number of aromatic nitrogens is 2. The zero-order valence-electron chi connectivity index (χ0n) is 19.0. The predicted molar refractivity (Wildman–Crippen MR) is 125 cm³/mol. The van der Waals surface area contributed by atoms with E-state index in [4.69, 9.17) is 9.78 Å². The zero-order chi connectivity index (χ0) is 23.6. The molecule has 0 fully saturated rings. The summed E-state index contributed by atoms with van der Waals surface area (Å²) in [5, 5.41) is 13.6. The first-order valence-corrected chi connectivity index (χ1v) is 10.6. The minimum absolute atomic E-state index is 0.0899. The van der Waals surface area contributed by atoms with Gasteiger partial charge in [-0.2, -0.15) is 0 Å². The molecule has 0 unspecified atom stereocenters. The van der Waals surface area contributed by atoms with E-state index in [0.717, 1.165) is 40.9 Å². The van der Waals surface area contributed by atoms with E-state index >= 15 is 0 Å². The maximum Gasteiger partial charge on any atom is 0.307 e. The third kappa shape index (κ3) is 6.62. The Morgan fingerprint density at radius 2 is 2.03 bits per heavy atom. The predicted octanol–water partition coefficient (Wildman–Crippen LogP) is 3.93. The van der Waals surface area contributed by atoms with Gasteiger partial charge in [-0.05, 0) is 54.3 Å². The normalized spacial score (nSPS) is 11.5. The van der Waals surface area contributed by atoms with Gasteiger partial charge in [0.25, 0.3) is 0 Å². The van der Waals surface area contributed by atoms with E-state index in [0.29, 0.717) is 24.4 Å². The Labute approximate surface area is 192 Å². The van der Waals surface area contributed by atoms with Gasteiger partial charge >= 0.3 is 5.97 Å². The molecule has 1 aromatic carbocycles. The molecule has 0 aliphatic carbocycles. The molecule has 176 valence electrons. The topological polar surface area (TPSA) is 104 Å². The molecule has 0 amide bonds. The molecule has 0 bridgehead atoms. The summed E-state index contributed by atoms with van der Waals surface area (Å²) in [5.74, 6) is -0.891. The minimum atomic E-state index is -0.891. The molecule has 9 heteroatoms. The smallest absolute Gasteiger partial charge is 0.307 e. The van der Waals surface area contributed by atoms with Gasteiger partial charge in [-0.25, -0.2) is 24.5 Å². The van der Waals surface area contributed by atoms with E-state index in [2.05, 4.69) is 26.1 Å². The zero-order valence-corrected chi connectivity index (χ0v) is 19.0. The largest absolute Gasteiger partial charge is 0.481 e. The molecule has 33 heavy (non-hydrogen) atoms. The van der Waals surface area contributed by atoms with Gasteiger partial charge in [-0.15, -0.1) is 0 Å². The van der Waals surface area contributed by atoms with Crippen LogP contribution in [0, 0.1) is 6.92 Å². The Kier molecular flexibility index (Phi) is 8.96. The second-order valence-electron chi connectivity index (χ2n) is 7.36. The Hall–Kier alpha value is -3.24. The van der Waals surface area contributed by atoms with Crippen molar-refractivity contribution in [3.05, 3.63) is 59.4 Å². The van der Waals surface area contributed by atoms with Crippen LogP contribution in [0.25, 0.3) is 22.8 Å². The van der Waals surface area contributed by atoms with E-state index in [1.165, 1.54) is 14.2 Å². The second kappa shape index (κ2) is 12.1. The number of anilines is 1. The number of hydrogen-bond acceptors (Lipinski definition) is 7. The number of nitrogens with one attached hydrogen (secondary N) is 1. The maximum atomic E-state index is 11.5. The molecule has 0 atom stereocenters. The van der Waals surface area contributed by atoms with Crippen molar-refractivity contribution in [2.75, 3.05) is 39.3 Å².